The molecule has 1 aliphatic carbocycles. The van der Waals surface area contributed by atoms with Crippen molar-refractivity contribution in [3.63, 3.8) is 0 Å². The van der Waals surface area contributed by atoms with Crippen LogP contribution in [0.2, 0.25) is 0 Å². The van der Waals surface area contributed by atoms with Crippen LogP contribution in [0.4, 0.5) is 14.6 Å². The molecule has 0 aliphatic heterocycles. The largest absolute Gasteiger partial charge is 0.274 e. The van der Waals surface area contributed by atoms with Crippen LogP contribution in [0, 0.1) is 11.3 Å². The molecule has 1 aliphatic rings. The van der Waals surface area contributed by atoms with E-state index in [9.17, 15) is 17.2 Å². The van der Waals surface area contributed by atoms with Crippen molar-refractivity contribution in [2.45, 2.75) is 19.8 Å². The monoisotopic (exact) mass is 293 g/mol. The Morgan fingerprint density at radius 2 is 2.00 bits per heavy atom. The normalized spacial score (nSPS) is 24.2. The van der Waals surface area contributed by atoms with Crippen LogP contribution in [0.15, 0.2) is 12.3 Å². The third-order valence-corrected chi connectivity index (χ3v) is 5.68. The number of aromatic nitrogens is 2. The number of anilines is 1. The summed E-state index contributed by atoms with van der Waals surface area (Å²) in [4.78, 5) is 0. The second-order valence-corrected chi connectivity index (χ2v) is 7.54. The van der Waals surface area contributed by atoms with Gasteiger partial charge in [-0.15, -0.1) is 0 Å². The van der Waals surface area contributed by atoms with Crippen molar-refractivity contribution in [3.05, 3.63) is 12.3 Å². The first-order valence-electron chi connectivity index (χ1n) is 5.84. The molecule has 0 spiro atoms. The van der Waals surface area contributed by atoms with Crippen LogP contribution >= 0.6 is 0 Å². The van der Waals surface area contributed by atoms with E-state index in [-0.39, 0.29) is 5.82 Å². The minimum atomic E-state index is -3.80. The van der Waals surface area contributed by atoms with Crippen LogP contribution < -0.4 is 4.31 Å². The Morgan fingerprint density at radius 1 is 1.47 bits per heavy atom. The predicted molar refractivity (Wildman–Crippen MR) is 67.6 cm³/mol. The van der Waals surface area contributed by atoms with Gasteiger partial charge in [-0.25, -0.2) is 17.2 Å². The number of aryl methyl sites for hydroxylation is 1. The zero-order chi connectivity index (χ0) is 14.6. The van der Waals surface area contributed by atoms with Crippen LogP contribution in [0.5, 0.6) is 0 Å². The molecule has 0 amide bonds. The number of alkyl halides is 2. The Balaban J connectivity index is 2.17. The standard InChI is InChI=1S/C11H17F2N3O2S/c1-10(2)8(11(10,12)13)7-19(17,18)16(4)9-5-6-15(3)14-9/h5-6,8H,7H2,1-4H3. The quantitative estimate of drug-likeness (QED) is 0.845. The zero-order valence-electron chi connectivity index (χ0n) is 11.3. The van der Waals surface area contributed by atoms with Gasteiger partial charge < -0.3 is 0 Å². The second kappa shape index (κ2) is 3.91. The number of sulfonamides is 1. The molecule has 0 N–H and O–H groups in total. The molecule has 2 rings (SSSR count). The highest BCUT2D eigenvalue weighted by atomic mass is 32.2. The van der Waals surface area contributed by atoms with E-state index in [1.165, 1.54) is 31.6 Å². The summed E-state index contributed by atoms with van der Waals surface area (Å²) in [7, 11) is -0.822. The van der Waals surface area contributed by atoms with Gasteiger partial charge in [0.25, 0.3) is 5.92 Å². The van der Waals surface area contributed by atoms with Crippen LogP contribution in [0.25, 0.3) is 0 Å². The first-order chi connectivity index (χ1) is 8.50. The van der Waals surface area contributed by atoms with Crippen molar-refractivity contribution in [1.82, 2.24) is 9.78 Å². The fourth-order valence-electron chi connectivity index (χ4n) is 2.11. The smallest absolute Gasteiger partial charge is 0.258 e. The predicted octanol–water partition coefficient (Wildman–Crippen LogP) is 1.48. The summed E-state index contributed by atoms with van der Waals surface area (Å²) in [5.41, 5.74) is -1.26. The summed E-state index contributed by atoms with van der Waals surface area (Å²) < 4.78 is 53.6. The highest BCUT2D eigenvalue weighted by Gasteiger charge is 2.75. The highest BCUT2D eigenvalue weighted by molar-refractivity contribution is 7.92. The third kappa shape index (κ3) is 2.11. The first kappa shape index (κ1) is 14.2. The third-order valence-electron chi connectivity index (χ3n) is 3.90. The van der Waals surface area contributed by atoms with Gasteiger partial charge in [0.15, 0.2) is 5.82 Å². The van der Waals surface area contributed by atoms with Crippen molar-refractivity contribution in [3.8, 4) is 0 Å². The Labute approximate surface area is 111 Å². The SMILES string of the molecule is CN(c1ccn(C)n1)S(=O)(=O)CC1C(C)(C)C1(F)F. The number of hydrogen-bond acceptors (Lipinski definition) is 3. The molecule has 1 aromatic rings. The Bertz CT molecular complexity index is 581. The van der Waals surface area contributed by atoms with Crippen molar-refractivity contribution < 1.29 is 17.2 Å². The van der Waals surface area contributed by atoms with Gasteiger partial charge in [-0.2, -0.15) is 5.10 Å². The topological polar surface area (TPSA) is 55.2 Å². The summed E-state index contributed by atoms with van der Waals surface area (Å²) >= 11 is 0. The molecule has 1 fully saturated rings. The van der Waals surface area contributed by atoms with Gasteiger partial charge in [0, 0.05) is 37.7 Å². The van der Waals surface area contributed by atoms with Gasteiger partial charge in [-0.1, -0.05) is 13.8 Å². The summed E-state index contributed by atoms with van der Waals surface area (Å²) in [6, 6.07) is 1.52. The molecule has 1 saturated carbocycles. The average molecular weight is 293 g/mol. The first-order valence-corrected chi connectivity index (χ1v) is 7.45. The lowest BCUT2D eigenvalue weighted by Gasteiger charge is -2.16. The lowest BCUT2D eigenvalue weighted by atomic mass is 10.1. The molecular formula is C11H17F2N3O2S. The number of nitrogens with zero attached hydrogens (tertiary/aromatic N) is 3. The maximum Gasteiger partial charge on any atom is 0.258 e. The number of halogens is 2. The molecule has 108 valence electrons. The molecular weight excluding hydrogens is 276 g/mol. The number of hydrogen-bond donors (Lipinski definition) is 0. The fourth-order valence-corrected chi connectivity index (χ4v) is 3.76. The Kier molecular flexibility index (Phi) is 2.93. The van der Waals surface area contributed by atoms with Crippen molar-refractivity contribution >= 4 is 15.8 Å². The minimum absolute atomic E-state index is 0.226. The van der Waals surface area contributed by atoms with Gasteiger partial charge >= 0.3 is 0 Å². The van der Waals surface area contributed by atoms with Gasteiger partial charge in [0.2, 0.25) is 10.0 Å². The zero-order valence-corrected chi connectivity index (χ0v) is 12.1. The summed E-state index contributed by atoms with van der Waals surface area (Å²) in [5, 5.41) is 3.95. The minimum Gasteiger partial charge on any atom is -0.274 e. The van der Waals surface area contributed by atoms with E-state index in [0.29, 0.717) is 0 Å². The van der Waals surface area contributed by atoms with E-state index in [2.05, 4.69) is 5.10 Å². The van der Waals surface area contributed by atoms with Gasteiger partial charge in [0.1, 0.15) is 0 Å². The molecule has 5 nitrogen and oxygen atoms in total. The molecule has 0 bridgehead atoms. The van der Waals surface area contributed by atoms with E-state index >= 15 is 0 Å². The lowest BCUT2D eigenvalue weighted by molar-refractivity contribution is 0.0685. The van der Waals surface area contributed by atoms with E-state index < -0.39 is 33.0 Å². The summed E-state index contributed by atoms with van der Waals surface area (Å²) in [6.07, 6.45) is 1.59. The lowest BCUT2D eigenvalue weighted by Crippen LogP contribution is -2.31. The van der Waals surface area contributed by atoms with Gasteiger partial charge in [-0.3, -0.25) is 8.99 Å². The molecule has 0 aromatic carbocycles. The van der Waals surface area contributed by atoms with Crippen LogP contribution in [-0.4, -0.2) is 36.9 Å². The van der Waals surface area contributed by atoms with Gasteiger partial charge in [-0.05, 0) is 0 Å². The second-order valence-electron chi connectivity index (χ2n) is 5.49. The molecule has 1 heterocycles. The van der Waals surface area contributed by atoms with Crippen LogP contribution in [0.3, 0.4) is 0 Å². The molecule has 1 atom stereocenters. The maximum absolute atomic E-state index is 13.5. The maximum atomic E-state index is 13.5. The Morgan fingerprint density at radius 3 is 2.37 bits per heavy atom. The van der Waals surface area contributed by atoms with Crippen molar-refractivity contribution in [2.24, 2.45) is 18.4 Å². The van der Waals surface area contributed by atoms with E-state index in [0.717, 1.165) is 4.31 Å². The fraction of sp³-hybridized carbons (Fsp3) is 0.727. The van der Waals surface area contributed by atoms with E-state index in [4.69, 9.17) is 0 Å². The van der Waals surface area contributed by atoms with E-state index in [1.807, 2.05) is 0 Å². The molecule has 1 unspecified atom stereocenters. The Hall–Kier alpha value is -1.18. The molecule has 1 aromatic heterocycles. The summed E-state index contributed by atoms with van der Waals surface area (Å²) in [6.45, 7) is 2.77. The molecule has 0 radical (unpaired) electrons. The van der Waals surface area contributed by atoms with Gasteiger partial charge in [0.05, 0.1) is 5.75 Å². The molecule has 0 saturated heterocycles. The van der Waals surface area contributed by atoms with Crippen molar-refractivity contribution in [2.75, 3.05) is 17.1 Å². The number of rotatable bonds is 4. The van der Waals surface area contributed by atoms with Crippen molar-refractivity contribution in [1.29, 1.82) is 0 Å². The van der Waals surface area contributed by atoms with Crippen LogP contribution in [0.1, 0.15) is 13.8 Å². The summed E-state index contributed by atoms with van der Waals surface area (Å²) in [5.74, 6) is -4.41. The highest BCUT2D eigenvalue weighted by Crippen LogP contribution is 2.65. The van der Waals surface area contributed by atoms with E-state index in [1.54, 1.807) is 13.2 Å². The average Bonchev–Trinajstić information content (AvgIpc) is 2.67. The van der Waals surface area contributed by atoms with Crippen LogP contribution in [-0.2, 0) is 17.1 Å². The molecule has 19 heavy (non-hydrogen) atoms. The molecule has 8 heteroatoms.